The van der Waals surface area contributed by atoms with E-state index in [0.29, 0.717) is 5.56 Å². The van der Waals surface area contributed by atoms with E-state index in [1.165, 1.54) is 6.21 Å². The zero-order chi connectivity index (χ0) is 14.9. The number of carboxylic acid groups (broad SMARTS) is 1. The van der Waals surface area contributed by atoms with Crippen molar-refractivity contribution >= 4 is 28.7 Å². The highest BCUT2D eigenvalue weighted by atomic mass is 16.4. The average Bonchev–Trinajstić information content (AvgIpc) is 2.95. The number of carbonyl (C=O) groups is 2. The Hall–Kier alpha value is -2.75. The summed E-state index contributed by atoms with van der Waals surface area (Å²) in [4.78, 5) is 27.9. The zero-order valence-corrected chi connectivity index (χ0v) is 11.2. The van der Waals surface area contributed by atoms with Gasteiger partial charge in [-0.3, -0.25) is 14.6 Å². The first-order chi connectivity index (χ1) is 10.1. The Kier molecular flexibility index (Phi) is 3.14. The number of carboxylic acids is 1. The van der Waals surface area contributed by atoms with Crippen molar-refractivity contribution in [3.63, 3.8) is 0 Å². The van der Waals surface area contributed by atoms with Crippen LogP contribution in [0.5, 0.6) is 0 Å². The molecule has 0 saturated carbocycles. The van der Waals surface area contributed by atoms with Gasteiger partial charge in [-0.25, -0.2) is 0 Å². The Morgan fingerprint density at radius 1 is 1.10 bits per heavy atom. The number of fused-ring (bicyclic) bond motifs is 1. The molecule has 21 heavy (non-hydrogen) atoms. The summed E-state index contributed by atoms with van der Waals surface area (Å²) in [6, 6.07) is 13.1. The van der Waals surface area contributed by atoms with Gasteiger partial charge in [0.05, 0.1) is 6.42 Å². The van der Waals surface area contributed by atoms with E-state index in [4.69, 9.17) is 5.11 Å². The number of allylic oxidation sites excluding steroid dienone is 1. The van der Waals surface area contributed by atoms with Crippen LogP contribution in [0.4, 0.5) is 0 Å². The van der Waals surface area contributed by atoms with Gasteiger partial charge in [-0.15, -0.1) is 0 Å². The minimum absolute atomic E-state index is 0.291. The molecule has 1 heterocycles. The molecule has 0 aliphatic carbocycles. The lowest BCUT2D eigenvalue weighted by molar-refractivity contribution is -0.137. The molecule has 0 fully saturated rings. The van der Waals surface area contributed by atoms with Gasteiger partial charge in [0.2, 0.25) is 0 Å². The van der Waals surface area contributed by atoms with Crippen LogP contribution in [-0.2, 0) is 4.79 Å². The zero-order valence-electron chi connectivity index (χ0n) is 11.2. The number of carbonyl (C=O) groups excluding carboxylic acids is 1. The largest absolute Gasteiger partial charge is 0.481 e. The number of hydrogen-bond acceptors (Lipinski definition) is 3. The fourth-order valence-corrected chi connectivity index (χ4v) is 2.55. The number of aliphatic imine (C=N–C) groups is 1. The summed E-state index contributed by atoms with van der Waals surface area (Å²) in [6.07, 6.45) is 4.30. The van der Waals surface area contributed by atoms with E-state index in [-0.39, 0.29) is 12.2 Å². The lowest BCUT2D eigenvalue weighted by Crippen LogP contribution is -2.36. The van der Waals surface area contributed by atoms with Gasteiger partial charge in [0.1, 0.15) is 0 Å². The van der Waals surface area contributed by atoms with Crippen LogP contribution in [0.3, 0.4) is 0 Å². The molecule has 2 aromatic rings. The highest BCUT2D eigenvalue weighted by Crippen LogP contribution is 2.28. The summed E-state index contributed by atoms with van der Waals surface area (Å²) in [6.45, 7) is 0. The van der Waals surface area contributed by atoms with Gasteiger partial charge < -0.3 is 5.11 Å². The van der Waals surface area contributed by atoms with E-state index in [9.17, 15) is 9.59 Å². The molecular weight excluding hydrogens is 266 g/mol. The van der Waals surface area contributed by atoms with Crippen molar-refractivity contribution in [2.24, 2.45) is 4.99 Å². The van der Waals surface area contributed by atoms with Crippen LogP contribution in [0.2, 0.25) is 0 Å². The first kappa shape index (κ1) is 13.2. The highest BCUT2D eigenvalue weighted by molar-refractivity contribution is 6.10. The summed E-state index contributed by atoms with van der Waals surface area (Å²) < 4.78 is 0. The van der Waals surface area contributed by atoms with Crippen molar-refractivity contribution in [1.82, 2.24) is 0 Å². The number of aliphatic carboxylic acids is 1. The number of benzene rings is 2. The summed E-state index contributed by atoms with van der Waals surface area (Å²) >= 11 is 0. The molecule has 4 heteroatoms. The number of nitrogens with zero attached hydrogens (tertiary/aromatic N) is 1. The summed E-state index contributed by atoms with van der Waals surface area (Å²) in [7, 11) is 0. The molecule has 1 aliphatic heterocycles. The van der Waals surface area contributed by atoms with Crippen LogP contribution in [0.15, 0.2) is 59.6 Å². The molecule has 0 bridgehead atoms. The minimum atomic E-state index is -1.31. The van der Waals surface area contributed by atoms with Crippen molar-refractivity contribution in [2.45, 2.75) is 12.0 Å². The topological polar surface area (TPSA) is 66.7 Å². The maximum absolute atomic E-state index is 12.7. The molecule has 0 spiro atoms. The Morgan fingerprint density at radius 3 is 2.52 bits per heavy atom. The molecule has 2 aromatic carbocycles. The normalized spacial score (nSPS) is 20.0. The SMILES string of the molecule is O=C(O)CC1(C(=O)c2ccc3ccccc3c2)C=CC=N1. The molecule has 1 unspecified atom stereocenters. The van der Waals surface area contributed by atoms with Gasteiger partial charge in [0.15, 0.2) is 11.3 Å². The third-order valence-corrected chi connectivity index (χ3v) is 3.59. The van der Waals surface area contributed by atoms with Crippen LogP contribution in [-0.4, -0.2) is 28.6 Å². The maximum Gasteiger partial charge on any atom is 0.306 e. The predicted molar refractivity (Wildman–Crippen MR) is 80.9 cm³/mol. The van der Waals surface area contributed by atoms with Crippen LogP contribution >= 0.6 is 0 Å². The van der Waals surface area contributed by atoms with Crippen molar-refractivity contribution in [2.75, 3.05) is 0 Å². The Bertz CT molecular complexity index is 777. The quantitative estimate of drug-likeness (QED) is 0.875. The molecule has 0 amide bonds. The van der Waals surface area contributed by atoms with E-state index < -0.39 is 11.5 Å². The summed E-state index contributed by atoms with van der Waals surface area (Å²) in [5.74, 6) is -1.34. The second-order valence-electron chi connectivity index (χ2n) is 5.02. The number of rotatable bonds is 4. The van der Waals surface area contributed by atoms with Gasteiger partial charge in [0.25, 0.3) is 0 Å². The molecule has 104 valence electrons. The van der Waals surface area contributed by atoms with Crippen molar-refractivity contribution < 1.29 is 14.7 Å². The van der Waals surface area contributed by atoms with E-state index in [0.717, 1.165) is 10.8 Å². The smallest absolute Gasteiger partial charge is 0.306 e. The monoisotopic (exact) mass is 279 g/mol. The first-order valence-electron chi connectivity index (χ1n) is 6.59. The van der Waals surface area contributed by atoms with Crippen LogP contribution in [0.25, 0.3) is 10.8 Å². The van der Waals surface area contributed by atoms with Gasteiger partial charge in [-0.2, -0.15) is 0 Å². The van der Waals surface area contributed by atoms with E-state index in [2.05, 4.69) is 4.99 Å². The van der Waals surface area contributed by atoms with E-state index >= 15 is 0 Å². The predicted octanol–water partition coefficient (Wildman–Crippen LogP) is 2.88. The standard InChI is InChI=1S/C17H13NO3/c19-15(20)11-17(8-3-9-18-17)16(21)14-7-6-12-4-1-2-5-13(12)10-14/h1-10H,11H2,(H,19,20). The second-order valence-corrected chi connectivity index (χ2v) is 5.02. The lowest BCUT2D eigenvalue weighted by Gasteiger charge is -2.20. The molecule has 0 saturated heterocycles. The Balaban J connectivity index is 2.04. The average molecular weight is 279 g/mol. The van der Waals surface area contributed by atoms with Crippen molar-refractivity contribution in [1.29, 1.82) is 0 Å². The first-order valence-corrected chi connectivity index (χ1v) is 6.59. The number of Topliss-reactive ketones (excluding diaryl/α,β-unsaturated/α-hetero) is 1. The summed E-state index contributed by atoms with van der Waals surface area (Å²) in [5, 5.41) is 11.0. The molecule has 4 nitrogen and oxygen atoms in total. The summed E-state index contributed by atoms with van der Waals surface area (Å²) in [5.41, 5.74) is -0.840. The van der Waals surface area contributed by atoms with Gasteiger partial charge >= 0.3 is 5.97 Å². The fraction of sp³-hybridized carbons (Fsp3) is 0.118. The van der Waals surface area contributed by atoms with Crippen LogP contribution < -0.4 is 0 Å². The minimum Gasteiger partial charge on any atom is -0.481 e. The molecule has 0 radical (unpaired) electrons. The molecule has 1 N–H and O–H groups in total. The molecule has 3 rings (SSSR count). The third-order valence-electron chi connectivity index (χ3n) is 3.59. The second kappa shape index (κ2) is 4.98. The number of hydrogen-bond donors (Lipinski definition) is 1. The van der Waals surface area contributed by atoms with Crippen molar-refractivity contribution in [3.8, 4) is 0 Å². The van der Waals surface area contributed by atoms with Crippen LogP contribution in [0, 0.1) is 0 Å². The lowest BCUT2D eigenvalue weighted by atomic mass is 9.86. The molecule has 1 atom stereocenters. The molecule has 0 aromatic heterocycles. The Morgan fingerprint density at radius 2 is 1.86 bits per heavy atom. The number of ketones is 1. The third kappa shape index (κ3) is 2.36. The van der Waals surface area contributed by atoms with Crippen LogP contribution in [0.1, 0.15) is 16.8 Å². The van der Waals surface area contributed by atoms with Gasteiger partial charge in [-0.1, -0.05) is 36.4 Å². The van der Waals surface area contributed by atoms with E-state index in [1.54, 1.807) is 24.3 Å². The highest BCUT2D eigenvalue weighted by Gasteiger charge is 2.39. The Labute approximate surface area is 121 Å². The van der Waals surface area contributed by atoms with E-state index in [1.807, 2.05) is 30.3 Å². The maximum atomic E-state index is 12.7. The molecule has 1 aliphatic rings. The molecular formula is C17H13NO3. The van der Waals surface area contributed by atoms with Crippen molar-refractivity contribution in [3.05, 3.63) is 60.2 Å². The van der Waals surface area contributed by atoms with Gasteiger partial charge in [-0.05, 0) is 29.0 Å². The fourth-order valence-electron chi connectivity index (χ4n) is 2.55. The van der Waals surface area contributed by atoms with Gasteiger partial charge in [0, 0.05) is 11.8 Å².